The highest BCUT2D eigenvalue weighted by Gasteiger charge is 2.09. The van der Waals surface area contributed by atoms with Crippen LogP contribution in [0.4, 0.5) is 5.69 Å². The van der Waals surface area contributed by atoms with Crippen molar-refractivity contribution in [1.82, 2.24) is 9.88 Å². The SMILES string of the molecule is CC(C)CN(CCCNc1cccc2cccnc12)CC(C)C. The van der Waals surface area contributed by atoms with Gasteiger partial charge in [-0.25, -0.2) is 0 Å². The van der Waals surface area contributed by atoms with Gasteiger partial charge >= 0.3 is 0 Å². The molecule has 0 aliphatic heterocycles. The number of hydrogen-bond donors (Lipinski definition) is 1. The van der Waals surface area contributed by atoms with Gasteiger partial charge < -0.3 is 10.2 Å². The van der Waals surface area contributed by atoms with Gasteiger partial charge in [-0.2, -0.15) is 0 Å². The van der Waals surface area contributed by atoms with Crippen molar-refractivity contribution >= 4 is 16.6 Å². The third kappa shape index (κ3) is 5.83. The van der Waals surface area contributed by atoms with Crippen LogP contribution in [-0.2, 0) is 0 Å². The van der Waals surface area contributed by atoms with Gasteiger partial charge in [-0.3, -0.25) is 4.98 Å². The number of nitrogens with zero attached hydrogens (tertiary/aromatic N) is 2. The maximum Gasteiger partial charge on any atom is 0.0933 e. The van der Waals surface area contributed by atoms with Crippen LogP contribution in [0.1, 0.15) is 34.1 Å². The molecule has 0 spiro atoms. The molecule has 0 saturated carbocycles. The number of fused-ring (bicyclic) bond motifs is 1. The molecule has 2 aromatic rings. The van der Waals surface area contributed by atoms with E-state index in [1.54, 1.807) is 0 Å². The summed E-state index contributed by atoms with van der Waals surface area (Å²) in [6.45, 7) is 13.7. The predicted octanol–water partition coefficient (Wildman–Crippen LogP) is 4.65. The Labute approximate surface area is 141 Å². The molecule has 0 saturated heterocycles. The smallest absolute Gasteiger partial charge is 0.0933 e. The van der Waals surface area contributed by atoms with Crippen LogP contribution in [0.25, 0.3) is 10.9 Å². The minimum atomic E-state index is 0.726. The molecule has 0 radical (unpaired) electrons. The van der Waals surface area contributed by atoms with Crippen LogP contribution in [0.3, 0.4) is 0 Å². The molecule has 1 aromatic carbocycles. The summed E-state index contributed by atoms with van der Waals surface area (Å²) in [6, 6.07) is 10.4. The van der Waals surface area contributed by atoms with Gasteiger partial charge in [0, 0.05) is 31.2 Å². The molecule has 0 bridgehead atoms. The summed E-state index contributed by atoms with van der Waals surface area (Å²) in [5.41, 5.74) is 2.21. The molecule has 23 heavy (non-hydrogen) atoms. The van der Waals surface area contributed by atoms with E-state index < -0.39 is 0 Å². The Kier molecular flexibility index (Phi) is 6.85. The Balaban J connectivity index is 1.85. The van der Waals surface area contributed by atoms with Crippen LogP contribution >= 0.6 is 0 Å². The highest BCUT2D eigenvalue weighted by Crippen LogP contribution is 2.20. The van der Waals surface area contributed by atoms with Crippen molar-refractivity contribution in [2.45, 2.75) is 34.1 Å². The molecule has 0 fully saturated rings. The number of rotatable bonds is 9. The number of aromatic nitrogens is 1. The molecule has 126 valence electrons. The van der Waals surface area contributed by atoms with E-state index in [0.717, 1.165) is 42.6 Å². The average molecular weight is 313 g/mol. The Morgan fingerprint density at radius 1 is 1.00 bits per heavy atom. The molecule has 2 rings (SSSR count). The van der Waals surface area contributed by atoms with E-state index in [9.17, 15) is 0 Å². The second kappa shape index (κ2) is 8.88. The monoisotopic (exact) mass is 313 g/mol. The van der Waals surface area contributed by atoms with E-state index in [0.29, 0.717) is 0 Å². The first-order chi connectivity index (χ1) is 11.1. The number of para-hydroxylation sites is 1. The predicted molar refractivity (Wildman–Crippen MR) is 101 cm³/mol. The Morgan fingerprint density at radius 3 is 2.39 bits per heavy atom. The van der Waals surface area contributed by atoms with Gasteiger partial charge in [0.1, 0.15) is 0 Å². The maximum atomic E-state index is 4.50. The first-order valence-electron chi connectivity index (χ1n) is 8.86. The normalized spacial score (nSPS) is 11.8. The first-order valence-corrected chi connectivity index (χ1v) is 8.86. The molecular weight excluding hydrogens is 282 g/mol. The summed E-state index contributed by atoms with van der Waals surface area (Å²) in [7, 11) is 0. The van der Waals surface area contributed by atoms with E-state index in [-0.39, 0.29) is 0 Å². The Hall–Kier alpha value is -1.61. The van der Waals surface area contributed by atoms with Crippen molar-refractivity contribution in [3.63, 3.8) is 0 Å². The van der Waals surface area contributed by atoms with E-state index in [4.69, 9.17) is 0 Å². The third-order valence-corrected chi connectivity index (χ3v) is 3.85. The lowest BCUT2D eigenvalue weighted by atomic mass is 10.1. The number of nitrogens with one attached hydrogen (secondary N) is 1. The van der Waals surface area contributed by atoms with Gasteiger partial charge in [0.05, 0.1) is 11.2 Å². The van der Waals surface area contributed by atoms with Gasteiger partial charge in [-0.15, -0.1) is 0 Å². The first kappa shape index (κ1) is 17.7. The van der Waals surface area contributed by atoms with Crippen molar-refractivity contribution in [1.29, 1.82) is 0 Å². The van der Waals surface area contributed by atoms with E-state index in [2.05, 4.69) is 67.2 Å². The van der Waals surface area contributed by atoms with Crippen molar-refractivity contribution in [2.24, 2.45) is 11.8 Å². The van der Waals surface area contributed by atoms with Gasteiger partial charge in [-0.05, 0) is 36.9 Å². The van der Waals surface area contributed by atoms with E-state index in [1.165, 1.54) is 18.5 Å². The quantitative estimate of drug-likeness (QED) is 0.683. The number of hydrogen-bond acceptors (Lipinski definition) is 3. The molecule has 0 aliphatic carbocycles. The van der Waals surface area contributed by atoms with Crippen LogP contribution in [0.2, 0.25) is 0 Å². The molecule has 0 atom stereocenters. The second-order valence-corrected chi connectivity index (χ2v) is 7.21. The Bertz CT molecular complexity index is 577. The number of anilines is 1. The number of pyridine rings is 1. The van der Waals surface area contributed by atoms with Crippen molar-refractivity contribution in [3.05, 3.63) is 36.5 Å². The van der Waals surface area contributed by atoms with Gasteiger partial charge in [0.15, 0.2) is 0 Å². The Morgan fingerprint density at radius 2 is 1.70 bits per heavy atom. The molecular formula is C20H31N3. The maximum absolute atomic E-state index is 4.50. The molecule has 1 aromatic heterocycles. The molecule has 0 unspecified atom stereocenters. The van der Waals surface area contributed by atoms with Crippen molar-refractivity contribution < 1.29 is 0 Å². The van der Waals surface area contributed by atoms with Crippen LogP contribution in [0, 0.1) is 11.8 Å². The zero-order valence-electron chi connectivity index (χ0n) is 15.0. The highest BCUT2D eigenvalue weighted by molar-refractivity contribution is 5.90. The van der Waals surface area contributed by atoms with Crippen LogP contribution < -0.4 is 5.32 Å². The minimum Gasteiger partial charge on any atom is -0.383 e. The van der Waals surface area contributed by atoms with Gasteiger partial charge in [-0.1, -0.05) is 45.9 Å². The molecule has 3 heteroatoms. The summed E-state index contributed by atoms with van der Waals surface area (Å²) in [6.07, 6.45) is 3.02. The topological polar surface area (TPSA) is 28.2 Å². The van der Waals surface area contributed by atoms with Crippen LogP contribution in [0.5, 0.6) is 0 Å². The van der Waals surface area contributed by atoms with Crippen LogP contribution in [-0.4, -0.2) is 36.1 Å². The lowest BCUT2D eigenvalue weighted by Crippen LogP contribution is -2.33. The van der Waals surface area contributed by atoms with Crippen molar-refractivity contribution in [3.8, 4) is 0 Å². The van der Waals surface area contributed by atoms with Gasteiger partial charge in [0.25, 0.3) is 0 Å². The number of benzene rings is 1. The fraction of sp³-hybridized carbons (Fsp3) is 0.550. The zero-order chi connectivity index (χ0) is 16.7. The van der Waals surface area contributed by atoms with Crippen molar-refractivity contribution in [2.75, 3.05) is 31.5 Å². The van der Waals surface area contributed by atoms with Gasteiger partial charge in [0.2, 0.25) is 0 Å². The molecule has 0 aliphatic rings. The van der Waals surface area contributed by atoms with Crippen LogP contribution in [0.15, 0.2) is 36.5 Å². The largest absolute Gasteiger partial charge is 0.383 e. The van der Waals surface area contributed by atoms with E-state index in [1.807, 2.05) is 12.3 Å². The fourth-order valence-electron chi connectivity index (χ4n) is 3.06. The summed E-state index contributed by atoms with van der Waals surface area (Å²) >= 11 is 0. The lowest BCUT2D eigenvalue weighted by molar-refractivity contribution is 0.219. The fourth-order valence-corrected chi connectivity index (χ4v) is 3.06. The average Bonchev–Trinajstić information content (AvgIpc) is 2.50. The lowest BCUT2D eigenvalue weighted by Gasteiger charge is -2.26. The highest BCUT2D eigenvalue weighted by atomic mass is 15.1. The summed E-state index contributed by atoms with van der Waals surface area (Å²) in [5, 5.41) is 4.75. The standard InChI is InChI=1S/C20H31N3/c1-16(2)14-23(15-17(3)4)13-7-12-21-19-10-5-8-18-9-6-11-22-20(18)19/h5-6,8-11,16-17,21H,7,12-15H2,1-4H3. The zero-order valence-corrected chi connectivity index (χ0v) is 15.0. The third-order valence-electron chi connectivity index (χ3n) is 3.85. The molecule has 1 N–H and O–H groups in total. The second-order valence-electron chi connectivity index (χ2n) is 7.21. The molecule has 3 nitrogen and oxygen atoms in total. The van der Waals surface area contributed by atoms with E-state index >= 15 is 0 Å². The summed E-state index contributed by atoms with van der Waals surface area (Å²) < 4.78 is 0. The molecule has 1 heterocycles. The minimum absolute atomic E-state index is 0.726. The molecule has 0 amide bonds. The summed E-state index contributed by atoms with van der Waals surface area (Å²) in [4.78, 5) is 7.10. The summed E-state index contributed by atoms with van der Waals surface area (Å²) in [5.74, 6) is 1.45.